The fraction of sp³-hybridized carbons (Fsp3) is 0.733. The van der Waals surface area contributed by atoms with Gasteiger partial charge in [0.05, 0.1) is 0 Å². The molecule has 0 spiro atoms. The van der Waals surface area contributed by atoms with Gasteiger partial charge in [0.1, 0.15) is 4.21 Å². The lowest BCUT2D eigenvalue weighted by Gasteiger charge is -2.24. The molecule has 21 heavy (non-hydrogen) atoms. The van der Waals surface area contributed by atoms with Crippen molar-refractivity contribution in [2.45, 2.75) is 44.2 Å². The normalized spacial score (nSPS) is 12.5. The first-order chi connectivity index (χ1) is 9.99. The molecule has 0 saturated heterocycles. The number of nitrogens with zero attached hydrogens (tertiary/aromatic N) is 1. The Labute approximate surface area is 133 Å². The van der Waals surface area contributed by atoms with Crippen LogP contribution in [0.5, 0.6) is 0 Å². The molecule has 0 bridgehead atoms. The van der Waals surface area contributed by atoms with Crippen LogP contribution in [-0.2, 0) is 16.4 Å². The van der Waals surface area contributed by atoms with E-state index in [0.717, 1.165) is 30.7 Å². The molecule has 0 aromatic carbocycles. The quantitative estimate of drug-likeness (QED) is 0.716. The fourth-order valence-corrected chi connectivity index (χ4v) is 5.27. The molecule has 4 nitrogen and oxygen atoms in total. The SMILES string of the molecule is CCC(CC)CN(CC)S(=O)(=O)c1ccc(CCNC)s1. The lowest BCUT2D eigenvalue weighted by Crippen LogP contribution is -2.34. The summed E-state index contributed by atoms with van der Waals surface area (Å²) in [5.74, 6) is 0.434. The van der Waals surface area contributed by atoms with Crippen LogP contribution in [-0.4, -0.2) is 39.4 Å². The zero-order valence-corrected chi connectivity index (χ0v) is 15.2. The number of hydrogen-bond donors (Lipinski definition) is 1. The minimum atomic E-state index is -3.34. The maximum absolute atomic E-state index is 12.7. The maximum Gasteiger partial charge on any atom is 0.252 e. The van der Waals surface area contributed by atoms with Crippen molar-refractivity contribution in [2.24, 2.45) is 5.92 Å². The largest absolute Gasteiger partial charge is 0.319 e. The molecule has 1 heterocycles. The summed E-state index contributed by atoms with van der Waals surface area (Å²) in [6.45, 7) is 8.17. The summed E-state index contributed by atoms with van der Waals surface area (Å²) in [5, 5.41) is 3.09. The number of hydrogen-bond acceptors (Lipinski definition) is 4. The Kier molecular flexibility index (Phi) is 7.87. The summed E-state index contributed by atoms with van der Waals surface area (Å²) in [5.41, 5.74) is 0. The molecule has 122 valence electrons. The lowest BCUT2D eigenvalue weighted by atomic mass is 10.0. The molecule has 0 radical (unpaired) electrons. The smallest absolute Gasteiger partial charge is 0.252 e. The first-order valence-corrected chi connectivity index (χ1v) is 9.98. The monoisotopic (exact) mass is 332 g/mol. The predicted molar refractivity (Wildman–Crippen MR) is 90.5 cm³/mol. The van der Waals surface area contributed by atoms with Gasteiger partial charge in [0.2, 0.25) is 0 Å². The molecule has 6 heteroatoms. The Morgan fingerprint density at radius 1 is 1.24 bits per heavy atom. The van der Waals surface area contributed by atoms with Crippen molar-refractivity contribution in [2.75, 3.05) is 26.7 Å². The molecular weight excluding hydrogens is 304 g/mol. The number of sulfonamides is 1. The van der Waals surface area contributed by atoms with Crippen molar-refractivity contribution in [3.63, 3.8) is 0 Å². The predicted octanol–water partition coefficient (Wildman–Crippen LogP) is 2.96. The van der Waals surface area contributed by atoms with Gasteiger partial charge in [-0.3, -0.25) is 0 Å². The van der Waals surface area contributed by atoms with E-state index in [0.29, 0.717) is 23.2 Å². The van der Waals surface area contributed by atoms with Crippen molar-refractivity contribution in [1.82, 2.24) is 9.62 Å². The highest BCUT2D eigenvalue weighted by Crippen LogP contribution is 2.26. The van der Waals surface area contributed by atoms with Crippen LogP contribution in [0.15, 0.2) is 16.3 Å². The van der Waals surface area contributed by atoms with Crippen LogP contribution in [0.1, 0.15) is 38.5 Å². The Morgan fingerprint density at radius 3 is 2.43 bits per heavy atom. The van der Waals surface area contributed by atoms with Gasteiger partial charge in [0, 0.05) is 18.0 Å². The molecular formula is C15H28N2O2S2. The number of likely N-dealkylation sites (N-methyl/N-ethyl adjacent to an activating group) is 1. The van der Waals surface area contributed by atoms with Gasteiger partial charge < -0.3 is 5.32 Å². The highest BCUT2D eigenvalue weighted by Gasteiger charge is 2.26. The summed E-state index contributed by atoms with van der Waals surface area (Å²) in [6, 6.07) is 3.68. The lowest BCUT2D eigenvalue weighted by molar-refractivity contribution is 0.340. The van der Waals surface area contributed by atoms with E-state index in [1.807, 2.05) is 20.0 Å². The Bertz CT molecular complexity index is 507. The third-order valence-corrected chi connectivity index (χ3v) is 7.37. The third kappa shape index (κ3) is 5.06. The van der Waals surface area contributed by atoms with Gasteiger partial charge in [-0.1, -0.05) is 33.6 Å². The molecule has 0 aliphatic carbocycles. The molecule has 1 N–H and O–H groups in total. The van der Waals surface area contributed by atoms with Crippen LogP contribution in [0.4, 0.5) is 0 Å². The second kappa shape index (κ2) is 8.88. The summed E-state index contributed by atoms with van der Waals surface area (Å²) in [4.78, 5) is 1.11. The van der Waals surface area contributed by atoms with Gasteiger partial charge in [-0.25, -0.2) is 8.42 Å². The van der Waals surface area contributed by atoms with Gasteiger partial charge >= 0.3 is 0 Å². The van der Waals surface area contributed by atoms with Crippen molar-refractivity contribution in [3.8, 4) is 0 Å². The Hall–Kier alpha value is -0.430. The molecule has 1 rings (SSSR count). The van der Waals surface area contributed by atoms with E-state index in [4.69, 9.17) is 0 Å². The molecule has 0 unspecified atom stereocenters. The zero-order valence-electron chi connectivity index (χ0n) is 13.6. The van der Waals surface area contributed by atoms with E-state index < -0.39 is 10.0 Å². The fourth-order valence-electron chi connectivity index (χ4n) is 2.24. The van der Waals surface area contributed by atoms with Crippen LogP contribution >= 0.6 is 11.3 Å². The van der Waals surface area contributed by atoms with E-state index in [-0.39, 0.29) is 0 Å². The average molecular weight is 333 g/mol. The van der Waals surface area contributed by atoms with E-state index in [1.54, 1.807) is 10.4 Å². The second-order valence-electron chi connectivity index (χ2n) is 5.21. The van der Waals surface area contributed by atoms with Crippen molar-refractivity contribution in [3.05, 3.63) is 17.0 Å². The van der Waals surface area contributed by atoms with E-state index in [9.17, 15) is 8.42 Å². The summed E-state index contributed by atoms with van der Waals surface area (Å²) in [7, 11) is -1.44. The first kappa shape index (κ1) is 18.6. The van der Waals surface area contributed by atoms with Crippen LogP contribution < -0.4 is 5.32 Å². The zero-order chi connectivity index (χ0) is 15.9. The third-order valence-electron chi connectivity index (χ3n) is 3.82. The molecule has 1 aromatic rings. The molecule has 0 saturated carbocycles. The van der Waals surface area contributed by atoms with Crippen LogP contribution in [0.25, 0.3) is 0 Å². The number of nitrogens with one attached hydrogen (secondary N) is 1. The van der Waals surface area contributed by atoms with Crippen LogP contribution in [0.2, 0.25) is 0 Å². The average Bonchev–Trinajstić information content (AvgIpc) is 2.95. The molecule has 0 fully saturated rings. The van der Waals surface area contributed by atoms with Crippen LogP contribution in [0, 0.1) is 5.92 Å². The molecule has 1 aromatic heterocycles. The van der Waals surface area contributed by atoms with E-state index in [2.05, 4.69) is 19.2 Å². The summed E-state index contributed by atoms with van der Waals surface area (Å²) < 4.78 is 27.6. The van der Waals surface area contributed by atoms with Crippen molar-refractivity contribution < 1.29 is 8.42 Å². The molecule has 0 aliphatic rings. The van der Waals surface area contributed by atoms with Crippen molar-refractivity contribution in [1.29, 1.82) is 0 Å². The summed E-state index contributed by atoms with van der Waals surface area (Å²) in [6.07, 6.45) is 2.90. The first-order valence-electron chi connectivity index (χ1n) is 7.72. The Morgan fingerprint density at radius 2 is 1.90 bits per heavy atom. The number of thiophene rings is 1. The van der Waals surface area contributed by atoms with E-state index in [1.165, 1.54) is 11.3 Å². The Balaban J connectivity index is 2.88. The van der Waals surface area contributed by atoms with E-state index >= 15 is 0 Å². The highest BCUT2D eigenvalue weighted by molar-refractivity contribution is 7.91. The van der Waals surface area contributed by atoms with Crippen LogP contribution in [0.3, 0.4) is 0 Å². The standard InChI is InChI=1S/C15H28N2O2S2/c1-5-13(6-2)12-17(7-3)21(18,19)15-9-8-14(20-15)10-11-16-4/h8-9,13,16H,5-7,10-12H2,1-4H3. The maximum atomic E-state index is 12.7. The molecule has 0 atom stereocenters. The van der Waals surface area contributed by atoms with Crippen molar-refractivity contribution >= 4 is 21.4 Å². The highest BCUT2D eigenvalue weighted by atomic mass is 32.2. The van der Waals surface area contributed by atoms with Gasteiger partial charge in [-0.05, 0) is 38.1 Å². The van der Waals surface area contributed by atoms with Gasteiger partial charge in [0.15, 0.2) is 0 Å². The van der Waals surface area contributed by atoms with Gasteiger partial charge in [-0.2, -0.15) is 4.31 Å². The number of rotatable bonds is 10. The minimum Gasteiger partial charge on any atom is -0.319 e. The second-order valence-corrected chi connectivity index (χ2v) is 8.55. The topological polar surface area (TPSA) is 49.4 Å². The van der Waals surface area contributed by atoms with Gasteiger partial charge in [-0.15, -0.1) is 11.3 Å². The van der Waals surface area contributed by atoms with Gasteiger partial charge in [0.25, 0.3) is 10.0 Å². The minimum absolute atomic E-state index is 0.434. The molecule has 0 amide bonds. The summed E-state index contributed by atoms with van der Waals surface area (Å²) >= 11 is 1.40. The molecule has 0 aliphatic heterocycles.